The van der Waals surface area contributed by atoms with Gasteiger partial charge in [0.25, 0.3) is 0 Å². The number of methoxy groups -OCH3 is 1. The highest BCUT2D eigenvalue weighted by Gasteiger charge is 2.30. The molecule has 1 aliphatic rings. The largest absolute Gasteiger partial charge is 0.375 e. The summed E-state index contributed by atoms with van der Waals surface area (Å²) in [5.41, 5.74) is 2.78. The summed E-state index contributed by atoms with van der Waals surface area (Å²) < 4.78 is 7.22. The second-order valence-electron chi connectivity index (χ2n) is 6.64. The zero-order valence-electron chi connectivity index (χ0n) is 15.1. The molecular weight excluding hydrogens is 330 g/mol. The van der Waals surface area contributed by atoms with Crippen LogP contribution in [0.15, 0.2) is 30.5 Å². The van der Waals surface area contributed by atoms with Gasteiger partial charge in [0.15, 0.2) is 5.82 Å². The number of hydrogen-bond acceptors (Lipinski definition) is 5. The first kappa shape index (κ1) is 16.7. The van der Waals surface area contributed by atoms with Gasteiger partial charge < -0.3 is 10.1 Å². The molecule has 1 fully saturated rings. The molecule has 1 amide bonds. The van der Waals surface area contributed by atoms with Crippen molar-refractivity contribution in [2.45, 2.75) is 38.7 Å². The molecule has 0 bridgehead atoms. The Morgan fingerprint density at radius 2 is 2.19 bits per heavy atom. The third-order valence-corrected chi connectivity index (χ3v) is 4.61. The molecule has 7 heteroatoms. The van der Waals surface area contributed by atoms with E-state index in [1.807, 2.05) is 35.9 Å². The number of anilines is 1. The molecule has 1 saturated carbocycles. The maximum Gasteiger partial charge on any atom is 0.222 e. The van der Waals surface area contributed by atoms with Crippen LogP contribution in [0.3, 0.4) is 0 Å². The van der Waals surface area contributed by atoms with Crippen LogP contribution < -0.4 is 5.32 Å². The van der Waals surface area contributed by atoms with Gasteiger partial charge in [-0.3, -0.25) is 4.79 Å². The van der Waals surface area contributed by atoms with E-state index in [1.54, 1.807) is 13.3 Å². The topological polar surface area (TPSA) is 81.9 Å². The number of nitrogens with one attached hydrogen (secondary N) is 1. The number of nitrogens with zero attached hydrogens (tertiary/aromatic N) is 4. The molecule has 3 heterocycles. The molecule has 134 valence electrons. The fourth-order valence-electron chi connectivity index (χ4n) is 3.02. The Morgan fingerprint density at radius 1 is 1.38 bits per heavy atom. The van der Waals surface area contributed by atoms with Crippen LogP contribution in [0.2, 0.25) is 0 Å². The van der Waals surface area contributed by atoms with Crippen LogP contribution in [0, 0.1) is 0 Å². The maximum absolute atomic E-state index is 11.4. The van der Waals surface area contributed by atoms with E-state index < -0.39 is 0 Å². The summed E-state index contributed by atoms with van der Waals surface area (Å²) in [6.45, 7) is 3.43. The van der Waals surface area contributed by atoms with Gasteiger partial charge in [-0.2, -0.15) is 5.10 Å². The van der Waals surface area contributed by atoms with Crippen LogP contribution in [0.5, 0.6) is 0 Å². The molecule has 0 radical (unpaired) electrons. The lowest BCUT2D eigenvalue weighted by Crippen LogP contribution is -2.08. The lowest BCUT2D eigenvalue weighted by molar-refractivity contribution is -0.114. The van der Waals surface area contributed by atoms with Crippen LogP contribution in [0.25, 0.3) is 16.7 Å². The van der Waals surface area contributed by atoms with E-state index in [1.165, 1.54) is 6.92 Å². The summed E-state index contributed by atoms with van der Waals surface area (Å²) >= 11 is 0. The fraction of sp³-hybridized carbons (Fsp3) is 0.368. The molecular formula is C19H21N5O2. The standard InChI is InChI=1S/C19H21N5O2/c1-11(26-3)15-5-4-6-18(22-15)24-16-9-17(21-12(2)25)20-10-14(16)19(23-24)13-7-8-13/h4-6,9-11,13H,7-8H2,1-3H3,(H,20,21,25). The fourth-order valence-corrected chi connectivity index (χ4v) is 3.02. The summed E-state index contributed by atoms with van der Waals surface area (Å²) in [5, 5.41) is 8.57. The minimum atomic E-state index is -0.153. The lowest BCUT2D eigenvalue weighted by Gasteiger charge is -2.11. The molecule has 3 aromatic rings. The van der Waals surface area contributed by atoms with E-state index in [0.29, 0.717) is 11.7 Å². The van der Waals surface area contributed by atoms with Gasteiger partial charge in [-0.05, 0) is 31.9 Å². The number of carbonyl (C=O) groups excluding carboxylic acids is 1. The van der Waals surface area contributed by atoms with E-state index >= 15 is 0 Å². The van der Waals surface area contributed by atoms with E-state index in [9.17, 15) is 4.79 Å². The van der Waals surface area contributed by atoms with Gasteiger partial charge in [0.2, 0.25) is 5.91 Å². The van der Waals surface area contributed by atoms with Crippen molar-refractivity contribution >= 4 is 22.6 Å². The molecule has 1 aliphatic carbocycles. The van der Waals surface area contributed by atoms with Crippen molar-refractivity contribution in [2.75, 3.05) is 12.4 Å². The minimum absolute atomic E-state index is 0.101. The summed E-state index contributed by atoms with van der Waals surface area (Å²) in [4.78, 5) is 20.5. The predicted molar refractivity (Wildman–Crippen MR) is 98.4 cm³/mol. The Balaban J connectivity index is 1.86. The van der Waals surface area contributed by atoms with E-state index in [2.05, 4.69) is 10.3 Å². The van der Waals surface area contributed by atoms with Gasteiger partial charge in [0.1, 0.15) is 5.82 Å². The first-order valence-corrected chi connectivity index (χ1v) is 8.73. The van der Waals surface area contributed by atoms with Crippen molar-refractivity contribution in [3.8, 4) is 5.82 Å². The van der Waals surface area contributed by atoms with Gasteiger partial charge in [0, 0.05) is 37.6 Å². The van der Waals surface area contributed by atoms with Crippen LogP contribution in [-0.4, -0.2) is 32.8 Å². The second-order valence-corrected chi connectivity index (χ2v) is 6.64. The molecule has 3 aromatic heterocycles. The monoisotopic (exact) mass is 351 g/mol. The number of rotatable bonds is 5. The van der Waals surface area contributed by atoms with Gasteiger partial charge in [-0.15, -0.1) is 0 Å². The molecule has 0 aliphatic heterocycles. The number of aromatic nitrogens is 4. The predicted octanol–water partition coefficient (Wildman–Crippen LogP) is 3.36. The molecule has 0 aromatic carbocycles. The number of fused-ring (bicyclic) bond motifs is 1. The highest BCUT2D eigenvalue weighted by atomic mass is 16.5. The normalized spacial score (nSPS) is 15.2. The molecule has 1 atom stereocenters. The summed E-state index contributed by atoms with van der Waals surface area (Å²) in [7, 11) is 1.67. The Kier molecular flexibility index (Phi) is 4.16. The van der Waals surface area contributed by atoms with Gasteiger partial charge in [-0.1, -0.05) is 6.07 Å². The number of hydrogen-bond donors (Lipinski definition) is 1. The highest BCUT2D eigenvalue weighted by molar-refractivity contribution is 5.91. The average Bonchev–Trinajstić information content (AvgIpc) is 3.41. The Bertz CT molecular complexity index is 977. The number of ether oxygens (including phenoxy) is 1. The van der Waals surface area contributed by atoms with Crippen molar-refractivity contribution in [3.05, 3.63) is 41.9 Å². The van der Waals surface area contributed by atoms with Crippen molar-refractivity contribution < 1.29 is 9.53 Å². The third-order valence-electron chi connectivity index (χ3n) is 4.61. The van der Waals surface area contributed by atoms with E-state index in [4.69, 9.17) is 14.8 Å². The minimum Gasteiger partial charge on any atom is -0.375 e. The quantitative estimate of drug-likeness (QED) is 0.762. The second kappa shape index (κ2) is 6.49. The molecule has 0 saturated heterocycles. The molecule has 7 nitrogen and oxygen atoms in total. The Labute approximate surface area is 151 Å². The zero-order chi connectivity index (χ0) is 18.3. The van der Waals surface area contributed by atoms with Gasteiger partial charge >= 0.3 is 0 Å². The van der Waals surface area contributed by atoms with Gasteiger partial charge in [0.05, 0.1) is 23.0 Å². The zero-order valence-corrected chi connectivity index (χ0v) is 15.1. The van der Waals surface area contributed by atoms with Crippen LogP contribution >= 0.6 is 0 Å². The molecule has 1 unspecified atom stereocenters. The third kappa shape index (κ3) is 3.06. The number of amides is 1. The van der Waals surface area contributed by atoms with Crippen molar-refractivity contribution in [1.29, 1.82) is 0 Å². The first-order chi connectivity index (χ1) is 12.6. The Morgan fingerprint density at radius 3 is 2.88 bits per heavy atom. The average molecular weight is 351 g/mol. The summed E-state index contributed by atoms with van der Waals surface area (Å²) in [6.07, 6.45) is 3.98. The van der Waals surface area contributed by atoms with Crippen molar-refractivity contribution in [2.24, 2.45) is 0 Å². The number of carbonyl (C=O) groups is 1. The van der Waals surface area contributed by atoms with E-state index in [0.717, 1.165) is 41.0 Å². The molecule has 1 N–H and O–H groups in total. The van der Waals surface area contributed by atoms with Crippen LogP contribution in [0.1, 0.15) is 50.1 Å². The summed E-state index contributed by atoms with van der Waals surface area (Å²) in [6, 6.07) is 7.67. The van der Waals surface area contributed by atoms with Crippen LogP contribution in [0.4, 0.5) is 5.82 Å². The van der Waals surface area contributed by atoms with Gasteiger partial charge in [-0.25, -0.2) is 14.6 Å². The molecule has 26 heavy (non-hydrogen) atoms. The smallest absolute Gasteiger partial charge is 0.222 e. The maximum atomic E-state index is 11.4. The first-order valence-electron chi connectivity index (χ1n) is 8.73. The molecule has 0 spiro atoms. The van der Waals surface area contributed by atoms with E-state index in [-0.39, 0.29) is 12.0 Å². The van der Waals surface area contributed by atoms with Crippen LogP contribution in [-0.2, 0) is 9.53 Å². The number of pyridine rings is 2. The SMILES string of the molecule is COC(C)c1cccc(-n2nc(C3CC3)c3cnc(NC(C)=O)cc32)n1. The lowest BCUT2D eigenvalue weighted by atomic mass is 10.2. The highest BCUT2D eigenvalue weighted by Crippen LogP contribution is 2.42. The van der Waals surface area contributed by atoms with Crippen molar-refractivity contribution in [1.82, 2.24) is 19.7 Å². The van der Waals surface area contributed by atoms with Crippen molar-refractivity contribution in [3.63, 3.8) is 0 Å². The Hall–Kier alpha value is -2.80. The summed E-state index contributed by atoms with van der Waals surface area (Å²) in [5.74, 6) is 1.56. The molecule has 4 rings (SSSR count).